The molecule has 0 unspecified atom stereocenters. The van der Waals surface area contributed by atoms with Crippen LogP contribution >= 0.6 is 0 Å². The summed E-state index contributed by atoms with van der Waals surface area (Å²) in [5.74, 6) is -0.669. The van der Waals surface area contributed by atoms with Crippen molar-refractivity contribution in [2.24, 2.45) is 0 Å². The minimum atomic E-state index is -0.669. The molecular formula is C11H13NO6. The van der Waals surface area contributed by atoms with E-state index in [2.05, 4.69) is 0 Å². The molecule has 0 radical (unpaired) electrons. The van der Waals surface area contributed by atoms with Crippen molar-refractivity contribution >= 4 is 11.7 Å². The Hall–Kier alpha value is -1.99. The maximum Gasteiger partial charge on any atom is 0.338 e. The number of nitro groups is 1. The average Bonchev–Trinajstić information content (AvgIpc) is 2.39. The molecule has 98 valence electrons. The first kappa shape index (κ1) is 14.1. The van der Waals surface area contributed by atoms with Gasteiger partial charge in [0.1, 0.15) is 6.61 Å². The lowest BCUT2D eigenvalue weighted by atomic mass is 10.2. The Morgan fingerprint density at radius 1 is 1.39 bits per heavy atom. The van der Waals surface area contributed by atoms with E-state index in [0.29, 0.717) is 0 Å². The average molecular weight is 255 g/mol. The lowest BCUT2D eigenvalue weighted by Gasteiger charge is -2.13. The summed E-state index contributed by atoms with van der Waals surface area (Å²) < 4.78 is 14.6. The van der Waals surface area contributed by atoms with Gasteiger partial charge in [-0.25, -0.2) is 4.79 Å². The minimum Gasteiger partial charge on any atom is -0.457 e. The van der Waals surface area contributed by atoms with Gasteiger partial charge in [-0.05, 0) is 6.07 Å². The van der Waals surface area contributed by atoms with Crippen molar-refractivity contribution in [3.05, 3.63) is 39.9 Å². The number of carbonyl (C=O) groups excluding carboxylic acids is 1. The normalized spacial score (nSPS) is 10.4. The van der Waals surface area contributed by atoms with Gasteiger partial charge in [0.25, 0.3) is 5.69 Å². The SMILES string of the molecule is COC(COC(=O)c1cccc([N+](=O)[O-])c1)OC. The number of methoxy groups -OCH3 is 2. The highest BCUT2D eigenvalue weighted by atomic mass is 16.7. The van der Waals surface area contributed by atoms with E-state index < -0.39 is 17.2 Å². The molecule has 0 atom stereocenters. The van der Waals surface area contributed by atoms with Gasteiger partial charge < -0.3 is 14.2 Å². The number of rotatable bonds is 6. The van der Waals surface area contributed by atoms with Crippen molar-refractivity contribution in [3.63, 3.8) is 0 Å². The summed E-state index contributed by atoms with van der Waals surface area (Å²) in [5, 5.41) is 10.5. The fraction of sp³-hybridized carbons (Fsp3) is 0.364. The molecule has 0 bridgehead atoms. The van der Waals surface area contributed by atoms with Crippen LogP contribution in [0.15, 0.2) is 24.3 Å². The first-order chi connectivity index (χ1) is 8.58. The highest BCUT2D eigenvalue weighted by Crippen LogP contribution is 2.14. The number of benzene rings is 1. The van der Waals surface area contributed by atoms with Gasteiger partial charge in [-0.2, -0.15) is 0 Å². The molecule has 0 aliphatic heterocycles. The Balaban J connectivity index is 2.67. The first-order valence-corrected chi connectivity index (χ1v) is 5.05. The second kappa shape index (κ2) is 6.67. The van der Waals surface area contributed by atoms with Gasteiger partial charge in [0.05, 0.1) is 10.5 Å². The zero-order chi connectivity index (χ0) is 13.5. The maximum atomic E-state index is 11.6. The number of hydrogen-bond acceptors (Lipinski definition) is 6. The van der Waals surface area contributed by atoms with Crippen LogP contribution in [-0.4, -0.2) is 38.0 Å². The number of non-ortho nitro benzene ring substituents is 1. The largest absolute Gasteiger partial charge is 0.457 e. The van der Waals surface area contributed by atoms with Gasteiger partial charge in [-0.3, -0.25) is 10.1 Å². The first-order valence-electron chi connectivity index (χ1n) is 5.05. The van der Waals surface area contributed by atoms with E-state index in [-0.39, 0.29) is 17.9 Å². The van der Waals surface area contributed by atoms with Crippen molar-refractivity contribution in [3.8, 4) is 0 Å². The van der Waals surface area contributed by atoms with Gasteiger partial charge in [-0.1, -0.05) is 6.07 Å². The van der Waals surface area contributed by atoms with E-state index in [1.165, 1.54) is 32.4 Å². The van der Waals surface area contributed by atoms with Crippen molar-refractivity contribution in [1.29, 1.82) is 0 Å². The standard InChI is InChI=1S/C11H13NO6/c1-16-10(17-2)7-18-11(13)8-4-3-5-9(6-8)12(14)15/h3-6,10H,7H2,1-2H3. The molecule has 0 aliphatic rings. The van der Waals surface area contributed by atoms with E-state index in [9.17, 15) is 14.9 Å². The topological polar surface area (TPSA) is 87.9 Å². The van der Waals surface area contributed by atoms with Crippen LogP contribution in [0.5, 0.6) is 0 Å². The monoisotopic (exact) mass is 255 g/mol. The van der Waals surface area contributed by atoms with Crippen LogP contribution < -0.4 is 0 Å². The number of hydrogen-bond donors (Lipinski definition) is 0. The highest BCUT2D eigenvalue weighted by molar-refractivity contribution is 5.90. The molecule has 0 aromatic heterocycles. The molecule has 0 spiro atoms. The van der Waals surface area contributed by atoms with Crippen LogP contribution in [0.3, 0.4) is 0 Å². The highest BCUT2D eigenvalue weighted by Gasteiger charge is 2.14. The molecule has 1 aromatic rings. The van der Waals surface area contributed by atoms with Gasteiger partial charge in [-0.15, -0.1) is 0 Å². The van der Waals surface area contributed by atoms with E-state index in [1.807, 2.05) is 0 Å². The minimum absolute atomic E-state index is 0.0888. The summed E-state index contributed by atoms with van der Waals surface area (Å²) in [5.41, 5.74) is -0.0605. The van der Waals surface area contributed by atoms with Crippen molar-refractivity contribution in [1.82, 2.24) is 0 Å². The third-order valence-electron chi connectivity index (χ3n) is 2.17. The lowest BCUT2D eigenvalue weighted by Crippen LogP contribution is -2.22. The predicted octanol–water partition coefficient (Wildman–Crippen LogP) is 1.37. The van der Waals surface area contributed by atoms with E-state index in [0.717, 1.165) is 6.07 Å². The molecule has 0 saturated carbocycles. The number of nitrogens with zero attached hydrogens (tertiary/aromatic N) is 1. The van der Waals surface area contributed by atoms with Crippen LogP contribution in [-0.2, 0) is 14.2 Å². The maximum absolute atomic E-state index is 11.6. The quantitative estimate of drug-likeness (QED) is 0.330. The molecule has 0 saturated heterocycles. The summed E-state index contributed by atoms with van der Waals surface area (Å²) in [6.07, 6.45) is -0.660. The van der Waals surface area contributed by atoms with Crippen LogP contribution in [0.4, 0.5) is 5.69 Å². The summed E-state index contributed by atoms with van der Waals surface area (Å²) in [6.45, 7) is -0.0888. The Labute approximate surface area is 103 Å². The number of esters is 1. The van der Waals surface area contributed by atoms with Crippen LogP contribution in [0.2, 0.25) is 0 Å². The van der Waals surface area contributed by atoms with Gasteiger partial charge >= 0.3 is 5.97 Å². The number of nitro benzene ring substituents is 1. The van der Waals surface area contributed by atoms with Crippen LogP contribution in [0, 0.1) is 10.1 Å². The zero-order valence-corrected chi connectivity index (χ0v) is 9.99. The van der Waals surface area contributed by atoms with Crippen molar-refractivity contribution < 1.29 is 23.9 Å². The lowest BCUT2D eigenvalue weighted by molar-refractivity contribution is -0.384. The Kier molecular flexibility index (Phi) is 5.22. The van der Waals surface area contributed by atoms with Gasteiger partial charge in [0.2, 0.25) is 0 Å². The molecule has 18 heavy (non-hydrogen) atoms. The van der Waals surface area contributed by atoms with Gasteiger partial charge in [0.15, 0.2) is 6.29 Å². The predicted molar refractivity (Wildman–Crippen MR) is 61.2 cm³/mol. The third-order valence-corrected chi connectivity index (χ3v) is 2.17. The van der Waals surface area contributed by atoms with E-state index in [1.54, 1.807) is 0 Å². The fourth-order valence-electron chi connectivity index (χ4n) is 1.21. The second-order valence-electron chi connectivity index (χ2n) is 3.31. The molecule has 7 nitrogen and oxygen atoms in total. The molecule has 0 fully saturated rings. The molecular weight excluding hydrogens is 242 g/mol. The van der Waals surface area contributed by atoms with Crippen molar-refractivity contribution in [2.45, 2.75) is 6.29 Å². The van der Waals surface area contributed by atoms with Crippen LogP contribution in [0.25, 0.3) is 0 Å². The van der Waals surface area contributed by atoms with E-state index in [4.69, 9.17) is 14.2 Å². The summed E-state index contributed by atoms with van der Waals surface area (Å²) in [6, 6.07) is 5.30. The van der Waals surface area contributed by atoms with Crippen molar-refractivity contribution in [2.75, 3.05) is 20.8 Å². The molecule has 1 rings (SSSR count). The van der Waals surface area contributed by atoms with Crippen LogP contribution in [0.1, 0.15) is 10.4 Å². The number of ether oxygens (including phenoxy) is 3. The molecule has 7 heteroatoms. The molecule has 0 N–H and O–H groups in total. The molecule has 0 aliphatic carbocycles. The smallest absolute Gasteiger partial charge is 0.338 e. The Morgan fingerprint density at radius 2 is 2.06 bits per heavy atom. The Morgan fingerprint density at radius 3 is 2.61 bits per heavy atom. The van der Waals surface area contributed by atoms with Gasteiger partial charge in [0, 0.05) is 26.4 Å². The van der Waals surface area contributed by atoms with E-state index >= 15 is 0 Å². The summed E-state index contributed by atoms with van der Waals surface area (Å²) >= 11 is 0. The second-order valence-corrected chi connectivity index (χ2v) is 3.31. The zero-order valence-electron chi connectivity index (χ0n) is 9.99. The molecule has 0 amide bonds. The fourth-order valence-corrected chi connectivity index (χ4v) is 1.21. The molecule has 1 aromatic carbocycles. The summed E-state index contributed by atoms with van der Waals surface area (Å²) in [4.78, 5) is 21.6. The summed E-state index contributed by atoms with van der Waals surface area (Å²) in [7, 11) is 2.82. The number of carbonyl (C=O) groups is 1. The Bertz CT molecular complexity index is 429. The third kappa shape index (κ3) is 3.79. The molecule has 0 heterocycles.